The molecule has 26 heavy (non-hydrogen) atoms. The molecule has 0 radical (unpaired) electrons. The van der Waals surface area contributed by atoms with Crippen molar-refractivity contribution in [2.24, 2.45) is 5.92 Å². The zero-order valence-electron chi connectivity index (χ0n) is 14.7. The van der Waals surface area contributed by atoms with E-state index in [-0.39, 0.29) is 17.2 Å². The van der Waals surface area contributed by atoms with Crippen molar-refractivity contribution in [3.05, 3.63) is 45.2 Å². The van der Waals surface area contributed by atoms with E-state index in [1.807, 2.05) is 0 Å². The van der Waals surface area contributed by atoms with Crippen molar-refractivity contribution in [3.63, 3.8) is 0 Å². The highest BCUT2D eigenvalue weighted by Gasteiger charge is 2.25. The summed E-state index contributed by atoms with van der Waals surface area (Å²) in [7, 11) is 0. The van der Waals surface area contributed by atoms with Gasteiger partial charge < -0.3 is 14.8 Å². The fraction of sp³-hybridized carbons (Fsp3) is 0.556. The Morgan fingerprint density at radius 3 is 2.85 bits per heavy atom. The summed E-state index contributed by atoms with van der Waals surface area (Å²) in [6.45, 7) is 2.29. The molecular formula is C18H24N6O2. The highest BCUT2D eigenvalue weighted by molar-refractivity contribution is 5.40. The lowest BCUT2D eigenvalue weighted by atomic mass is 10.0. The van der Waals surface area contributed by atoms with Crippen LogP contribution in [0.4, 0.5) is 11.6 Å². The summed E-state index contributed by atoms with van der Waals surface area (Å²) in [5, 5.41) is 9.90. The Bertz CT molecular complexity index is 852. The van der Waals surface area contributed by atoms with E-state index in [1.54, 1.807) is 23.0 Å². The minimum Gasteiger partial charge on any atom is -0.363 e. The van der Waals surface area contributed by atoms with Crippen molar-refractivity contribution in [1.82, 2.24) is 19.7 Å². The van der Waals surface area contributed by atoms with Gasteiger partial charge in [-0.05, 0) is 44.1 Å². The van der Waals surface area contributed by atoms with Crippen LogP contribution in [0.2, 0.25) is 0 Å². The molecule has 1 atom stereocenters. The molecule has 2 aromatic rings. The number of nitrogens with one attached hydrogen (secondary N) is 2. The number of hydrogen-bond acceptors (Lipinski definition) is 6. The van der Waals surface area contributed by atoms with E-state index >= 15 is 0 Å². The topological polar surface area (TPSA) is 95.9 Å². The smallest absolute Gasteiger partial charge is 0.293 e. The monoisotopic (exact) mass is 356 g/mol. The van der Waals surface area contributed by atoms with Crippen LogP contribution in [0, 0.1) is 5.92 Å². The molecule has 4 rings (SSSR count). The largest absolute Gasteiger partial charge is 0.363 e. The lowest BCUT2D eigenvalue weighted by molar-refractivity contribution is 0.467. The summed E-state index contributed by atoms with van der Waals surface area (Å²) in [5.41, 5.74) is -0.256. The SMILES string of the molecule is O=c1ccc(N2CCCCC2CNc2nccn(CC3CC3)c2=O)n[nH]1. The summed E-state index contributed by atoms with van der Waals surface area (Å²) in [6.07, 6.45) is 9.12. The lowest BCUT2D eigenvalue weighted by Crippen LogP contribution is -2.45. The Morgan fingerprint density at radius 2 is 2.08 bits per heavy atom. The van der Waals surface area contributed by atoms with Crippen LogP contribution in [0.5, 0.6) is 0 Å². The first-order chi connectivity index (χ1) is 12.7. The third kappa shape index (κ3) is 3.79. The number of aromatic nitrogens is 4. The van der Waals surface area contributed by atoms with Crippen LogP contribution in [-0.4, -0.2) is 38.9 Å². The minimum absolute atomic E-state index is 0.0519. The molecule has 1 aliphatic heterocycles. The van der Waals surface area contributed by atoms with Crippen LogP contribution in [0.1, 0.15) is 32.1 Å². The van der Waals surface area contributed by atoms with Gasteiger partial charge in [-0.15, -0.1) is 0 Å². The van der Waals surface area contributed by atoms with Crippen molar-refractivity contribution in [1.29, 1.82) is 0 Å². The van der Waals surface area contributed by atoms with Crippen molar-refractivity contribution >= 4 is 11.6 Å². The molecule has 1 saturated heterocycles. The number of piperidine rings is 1. The fourth-order valence-electron chi connectivity index (χ4n) is 3.52. The quantitative estimate of drug-likeness (QED) is 0.808. The second-order valence-electron chi connectivity index (χ2n) is 7.18. The van der Waals surface area contributed by atoms with E-state index in [0.29, 0.717) is 18.3 Å². The van der Waals surface area contributed by atoms with Crippen molar-refractivity contribution in [2.75, 3.05) is 23.3 Å². The molecule has 2 N–H and O–H groups in total. The Kier molecular flexibility index (Phi) is 4.73. The maximum atomic E-state index is 12.6. The van der Waals surface area contributed by atoms with E-state index in [2.05, 4.69) is 25.4 Å². The third-order valence-corrected chi connectivity index (χ3v) is 5.16. The second kappa shape index (κ2) is 7.31. The number of aromatic amines is 1. The molecule has 2 fully saturated rings. The molecule has 1 aliphatic carbocycles. The van der Waals surface area contributed by atoms with Crippen molar-refractivity contribution < 1.29 is 0 Å². The lowest BCUT2D eigenvalue weighted by Gasteiger charge is -2.36. The predicted molar refractivity (Wildman–Crippen MR) is 99.6 cm³/mol. The van der Waals surface area contributed by atoms with Gasteiger partial charge in [0.1, 0.15) is 5.82 Å². The van der Waals surface area contributed by atoms with Gasteiger partial charge in [-0.1, -0.05) is 0 Å². The fourth-order valence-corrected chi connectivity index (χ4v) is 3.52. The highest BCUT2D eigenvalue weighted by Crippen LogP contribution is 2.30. The van der Waals surface area contributed by atoms with Gasteiger partial charge in [0.2, 0.25) is 0 Å². The van der Waals surface area contributed by atoms with Gasteiger partial charge in [-0.25, -0.2) is 10.1 Å². The van der Waals surface area contributed by atoms with Gasteiger partial charge in [0.05, 0.1) is 0 Å². The average molecular weight is 356 g/mol. The first-order valence-electron chi connectivity index (χ1n) is 9.32. The number of anilines is 2. The molecule has 0 aromatic carbocycles. The van der Waals surface area contributed by atoms with Gasteiger partial charge >= 0.3 is 0 Å². The van der Waals surface area contributed by atoms with Crippen molar-refractivity contribution in [2.45, 2.75) is 44.7 Å². The van der Waals surface area contributed by atoms with E-state index in [9.17, 15) is 9.59 Å². The van der Waals surface area contributed by atoms with Crippen LogP contribution in [0.15, 0.2) is 34.1 Å². The molecule has 8 nitrogen and oxygen atoms in total. The van der Waals surface area contributed by atoms with Gasteiger partial charge in [0.25, 0.3) is 11.1 Å². The summed E-state index contributed by atoms with van der Waals surface area (Å²) in [4.78, 5) is 30.2. The highest BCUT2D eigenvalue weighted by atomic mass is 16.1. The molecule has 138 valence electrons. The molecule has 3 heterocycles. The molecule has 0 spiro atoms. The van der Waals surface area contributed by atoms with Crippen LogP contribution in [0.25, 0.3) is 0 Å². The van der Waals surface area contributed by atoms with Crippen LogP contribution in [-0.2, 0) is 6.54 Å². The Hall–Kier alpha value is -2.64. The zero-order valence-corrected chi connectivity index (χ0v) is 14.7. The predicted octanol–water partition coefficient (Wildman–Crippen LogP) is 1.21. The average Bonchev–Trinajstić information content (AvgIpc) is 3.48. The molecular weight excluding hydrogens is 332 g/mol. The van der Waals surface area contributed by atoms with E-state index in [0.717, 1.165) is 38.2 Å². The molecule has 0 amide bonds. The molecule has 8 heteroatoms. The van der Waals surface area contributed by atoms with Crippen LogP contribution < -0.4 is 21.3 Å². The number of H-pyrrole nitrogens is 1. The molecule has 2 aromatic heterocycles. The summed E-state index contributed by atoms with van der Waals surface area (Å²) in [6, 6.07) is 3.46. The second-order valence-corrected chi connectivity index (χ2v) is 7.18. The number of hydrogen-bond donors (Lipinski definition) is 2. The van der Waals surface area contributed by atoms with Gasteiger partial charge in [-0.3, -0.25) is 9.59 Å². The summed E-state index contributed by atoms with van der Waals surface area (Å²) in [5.74, 6) is 1.82. The number of rotatable bonds is 6. The standard InChI is InChI=1S/C18H24N6O2/c25-16-7-6-15(21-22-16)24-9-2-1-3-14(24)11-20-17-18(26)23(10-8-19-17)12-13-4-5-13/h6-8,10,13-14H,1-5,9,11-12H2,(H,19,20)(H,22,25). The van der Waals surface area contributed by atoms with Gasteiger partial charge in [-0.2, -0.15) is 5.10 Å². The normalized spacial score (nSPS) is 20.2. The van der Waals surface area contributed by atoms with E-state index in [1.165, 1.54) is 18.9 Å². The zero-order chi connectivity index (χ0) is 17.9. The van der Waals surface area contributed by atoms with E-state index < -0.39 is 0 Å². The van der Waals surface area contributed by atoms with Crippen LogP contribution in [0.3, 0.4) is 0 Å². The van der Waals surface area contributed by atoms with Crippen LogP contribution >= 0.6 is 0 Å². The van der Waals surface area contributed by atoms with E-state index in [4.69, 9.17) is 0 Å². The van der Waals surface area contributed by atoms with Crippen molar-refractivity contribution in [3.8, 4) is 0 Å². The maximum absolute atomic E-state index is 12.6. The molecule has 1 saturated carbocycles. The van der Waals surface area contributed by atoms with Gasteiger partial charge in [0.15, 0.2) is 5.82 Å². The summed E-state index contributed by atoms with van der Waals surface area (Å²) >= 11 is 0. The first-order valence-corrected chi connectivity index (χ1v) is 9.32. The Labute approximate surface area is 151 Å². The molecule has 2 aliphatic rings. The Morgan fingerprint density at radius 1 is 1.19 bits per heavy atom. The maximum Gasteiger partial charge on any atom is 0.293 e. The number of nitrogens with zero attached hydrogens (tertiary/aromatic N) is 4. The first kappa shape index (κ1) is 16.8. The molecule has 0 bridgehead atoms. The Balaban J connectivity index is 1.46. The molecule has 1 unspecified atom stereocenters. The summed E-state index contributed by atoms with van der Waals surface area (Å²) < 4.78 is 1.76. The van der Waals surface area contributed by atoms with Gasteiger partial charge in [0, 0.05) is 44.1 Å². The minimum atomic E-state index is -0.204. The third-order valence-electron chi connectivity index (χ3n) is 5.16.